The van der Waals surface area contributed by atoms with Gasteiger partial charge in [0.2, 0.25) is 0 Å². The Morgan fingerprint density at radius 1 is 1.09 bits per heavy atom. The number of rotatable bonds is 3. The van der Waals surface area contributed by atoms with Crippen LogP contribution in [-0.4, -0.2) is 14.9 Å². The van der Waals surface area contributed by atoms with Crippen molar-refractivity contribution in [3.63, 3.8) is 0 Å². The van der Waals surface area contributed by atoms with Crippen molar-refractivity contribution >= 4 is 28.2 Å². The maximum atomic E-state index is 11.1. The highest BCUT2D eigenvalue weighted by Crippen LogP contribution is 2.25. The van der Waals surface area contributed by atoms with E-state index in [1.807, 2.05) is 32.9 Å². The van der Waals surface area contributed by atoms with E-state index in [9.17, 15) is 10.1 Å². The van der Waals surface area contributed by atoms with Crippen molar-refractivity contribution in [2.24, 2.45) is 0 Å². The molecule has 2 aromatic heterocycles. The molecule has 0 saturated heterocycles. The number of nitro groups is 1. The molecular weight excluding hydrogens is 292 g/mol. The van der Waals surface area contributed by atoms with Gasteiger partial charge in [0.1, 0.15) is 11.6 Å². The molecule has 2 heterocycles. The Morgan fingerprint density at radius 2 is 1.87 bits per heavy atom. The third kappa shape index (κ3) is 3.79. The first-order valence-electron chi connectivity index (χ1n) is 7.37. The monoisotopic (exact) mass is 310 g/mol. The number of non-ortho nitro benzene ring substituents is 1. The average molecular weight is 310 g/mol. The molecule has 118 valence electrons. The van der Waals surface area contributed by atoms with E-state index in [2.05, 4.69) is 15.3 Å². The highest BCUT2D eigenvalue weighted by atomic mass is 16.6. The Kier molecular flexibility index (Phi) is 5.19. The molecule has 0 bridgehead atoms. The second kappa shape index (κ2) is 7.31. The lowest BCUT2D eigenvalue weighted by molar-refractivity contribution is -0.383. The number of benzene rings is 1. The minimum atomic E-state index is -0.427. The summed E-state index contributed by atoms with van der Waals surface area (Å²) in [6.07, 6.45) is 1.70. The third-order valence-corrected chi connectivity index (χ3v) is 3.07. The van der Waals surface area contributed by atoms with Gasteiger partial charge in [-0.15, -0.1) is 0 Å². The molecule has 23 heavy (non-hydrogen) atoms. The van der Waals surface area contributed by atoms with E-state index in [1.165, 1.54) is 6.07 Å². The van der Waals surface area contributed by atoms with Crippen molar-refractivity contribution in [2.45, 2.75) is 20.8 Å². The molecular formula is C17H18N4O2. The van der Waals surface area contributed by atoms with Crippen LogP contribution in [0.3, 0.4) is 0 Å². The number of nitrogens with one attached hydrogen (secondary N) is 1. The number of aryl methyl sites for hydroxylation is 1. The fraction of sp³-hybridized carbons (Fsp3) is 0.176. The van der Waals surface area contributed by atoms with Gasteiger partial charge in [0, 0.05) is 17.6 Å². The van der Waals surface area contributed by atoms with Gasteiger partial charge >= 0.3 is 0 Å². The van der Waals surface area contributed by atoms with E-state index < -0.39 is 4.92 Å². The highest BCUT2D eigenvalue weighted by molar-refractivity contribution is 5.88. The van der Waals surface area contributed by atoms with Gasteiger partial charge in [-0.05, 0) is 36.8 Å². The Hall–Kier alpha value is -3.02. The van der Waals surface area contributed by atoms with Crippen LogP contribution in [0.4, 0.5) is 17.3 Å². The number of hydrogen-bond donors (Lipinski definition) is 1. The first kappa shape index (κ1) is 16.4. The second-order valence-electron chi connectivity index (χ2n) is 4.65. The summed E-state index contributed by atoms with van der Waals surface area (Å²) < 4.78 is 0. The van der Waals surface area contributed by atoms with Crippen LogP contribution in [0.25, 0.3) is 10.9 Å². The van der Waals surface area contributed by atoms with E-state index in [0.717, 1.165) is 10.9 Å². The summed E-state index contributed by atoms with van der Waals surface area (Å²) in [6.45, 7) is 5.96. The summed E-state index contributed by atoms with van der Waals surface area (Å²) in [4.78, 5) is 19.2. The van der Waals surface area contributed by atoms with Gasteiger partial charge in [-0.25, -0.2) is 9.97 Å². The van der Waals surface area contributed by atoms with Crippen LogP contribution in [0, 0.1) is 17.0 Å². The van der Waals surface area contributed by atoms with E-state index in [0.29, 0.717) is 17.2 Å². The third-order valence-electron chi connectivity index (χ3n) is 3.07. The van der Waals surface area contributed by atoms with E-state index in [1.54, 1.807) is 30.5 Å². The van der Waals surface area contributed by atoms with Crippen LogP contribution >= 0.6 is 0 Å². The predicted octanol–water partition coefficient (Wildman–Crippen LogP) is 4.62. The van der Waals surface area contributed by atoms with Gasteiger partial charge in [0.25, 0.3) is 5.69 Å². The van der Waals surface area contributed by atoms with Crippen LogP contribution < -0.4 is 5.32 Å². The van der Waals surface area contributed by atoms with Crippen molar-refractivity contribution in [1.82, 2.24) is 9.97 Å². The molecule has 3 aromatic rings. The Labute approximate surface area is 134 Å². The molecule has 6 heteroatoms. The van der Waals surface area contributed by atoms with Gasteiger partial charge in [-0.3, -0.25) is 10.1 Å². The highest BCUT2D eigenvalue weighted by Gasteiger charge is 2.13. The fourth-order valence-corrected chi connectivity index (χ4v) is 2.08. The topological polar surface area (TPSA) is 81.0 Å². The van der Waals surface area contributed by atoms with Crippen molar-refractivity contribution in [2.75, 3.05) is 5.32 Å². The largest absolute Gasteiger partial charge is 0.325 e. The molecule has 6 nitrogen and oxygen atoms in total. The minimum absolute atomic E-state index is 0.00616. The zero-order valence-electron chi connectivity index (χ0n) is 13.3. The number of aromatic nitrogens is 2. The molecule has 0 unspecified atom stereocenters. The summed E-state index contributed by atoms with van der Waals surface area (Å²) in [5.74, 6) is 1.18. The number of pyridine rings is 2. The van der Waals surface area contributed by atoms with Crippen LogP contribution in [0.2, 0.25) is 0 Å². The number of nitro benzene ring substituents is 1. The molecule has 0 fully saturated rings. The maximum Gasteiger partial charge on any atom is 0.295 e. The Morgan fingerprint density at radius 3 is 2.57 bits per heavy atom. The Bertz CT molecular complexity index is 834. The normalized spacial score (nSPS) is 9.87. The quantitative estimate of drug-likeness (QED) is 0.564. The van der Waals surface area contributed by atoms with E-state index in [-0.39, 0.29) is 5.69 Å². The lowest BCUT2D eigenvalue weighted by atomic mass is 10.2. The molecule has 3 rings (SSSR count). The number of anilines is 2. The SMILES string of the molecule is CC.Cc1ccnc(Nc2ccc3cccc([N+](=O)[O-])c3n2)c1. The minimum Gasteiger partial charge on any atom is -0.325 e. The summed E-state index contributed by atoms with van der Waals surface area (Å²) in [6, 6.07) is 12.2. The van der Waals surface area contributed by atoms with Crippen LogP contribution in [0.5, 0.6) is 0 Å². The molecule has 0 spiro atoms. The first-order valence-corrected chi connectivity index (χ1v) is 7.37. The molecule has 0 aliphatic rings. The maximum absolute atomic E-state index is 11.1. The average Bonchev–Trinajstić information content (AvgIpc) is 2.56. The zero-order valence-corrected chi connectivity index (χ0v) is 13.3. The van der Waals surface area contributed by atoms with Crippen LogP contribution in [0.1, 0.15) is 19.4 Å². The molecule has 1 N–H and O–H groups in total. The summed E-state index contributed by atoms with van der Waals surface area (Å²) in [7, 11) is 0. The smallest absolute Gasteiger partial charge is 0.295 e. The zero-order chi connectivity index (χ0) is 16.8. The summed E-state index contributed by atoms with van der Waals surface area (Å²) in [5.41, 5.74) is 1.42. The number of para-hydroxylation sites is 1. The van der Waals surface area contributed by atoms with Crippen molar-refractivity contribution in [3.8, 4) is 0 Å². The summed E-state index contributed by atoms with van der Waals surface area (Å²) >= 11 is 0. The summed E-state index contributed by atoms with van der Waals surface area (Å²) in [5, 5.41) is 14.8. The predicted molar refractivity (Wildman–Crippen MR) is 92.0 cm³/mol. The molecule has 0 radical (unpaired) electrons. The number of hydrogen-bond acceptors (Lipinski definition) is 5. The first-order chi connectivity index (χ1) is 11.1. The lowest BCUT2D eigenvalue weighted by Crippen LogP contribution is -1.98. The van der Waals surface area contributed by atoms with Crippen LogP contribution in [0.15, 0.2) is 48.7 Å². The van der Waals surface area contributed by atoms with Gasteiger partial charge in [-0.1, -0.05) is 26.0 Å². The fourth-order valence-electron chi connectivity index (χ4n) is 2.08. The van der Waals surface area contributed by atoms with Crippen molar-refractivity contribution in [3.05, 3.63) is 64.3 Å². The molecule has 0 amide bonds. The molecule has 0 atom stereocenters. The van der Waals surface area contributed by atoms with E-state index >= 15 is 0 Å². The standard InChI is InChI=1S/C15H12N4O2.C2H6/c1-10-7-8-16-14(9-10)17-13-6-5-11-3-2-4-12(19(20)21)15(11)18-13;1-2/h2-9H,1H3,(H,16,17,18);1-2H3. The van der Waals surface area contributed by atoms with Gasteiger partial charge in [-0.2, -0.15) is 0 Å². The molecule has 0 aliphatic heterocycles. The lowest BCUT2D eigenvalue weighted by Gasteiger charge is -2.06. The van der Waals surface area contributed by atoms with Crippen LogP contribution in [-0.2, 0) is 0 Å². The number of fused-ring (bicyclic) bond motifs is 1. The van der Waals surface area contributed by atoms with Crippen molar-refractivity contribution < 1.29 is 4.92 Å². The molecule has 1 aromatic carbocycles. The number of nitrogens with zero attached hydrogens (tertiary/aromatic N) is 3. The van der Waals surface area contributed by atoms with Gasteiger partial charge in [0.05, 0.1) is 4.92 Å². The second-order valence-corrected chi connectivity index (χ2v) is 4.65. The molecule has 0 saturated carbocycles. The van der Waals surface area contributed by atoms with Gasteiger partial charge < -0.3 is 5.32 Å². The van der Waals surface area contributed by atoms with E-state index in [4.69, 9.17) is 0 Å². The van der Waals surface area contributed by atoms with Crippen molar-refractivity contribution in [1.29, 1.82) is 0 Å². The Balaban J connectivity index is 0.000000924. The molecule has 0 aliphatic carbocycles. The van der Waals surface area contributed by atoms with Gasteiger partial charge in [0.15, 0.2) is 5.52 Å².